The lowest BCUT2D eigenvalue weighted by molar-refractivity contribution is -0.118. The molecule has 0 aromatic heterocycles. The second-order valence-electron chi connectivity index (χ2n) is 6.80. The molecule has 1 fully saturated rings. The van der Waals surface area contributed by atoms with Crippen molar-refractivity contribution >= 4 is 40.7 Å². The number of halogens is 2. The minimum atomic E-state index is -0.328. The van der Waals surface area contributed by atoms with Gasteiger partial charge in [0.05, 0.1) is 5.02 Å². The molecule has 148 valence electrons. The Balaban J connectivity index is 1.49. The highest BCUT2D eigenvalue weighted by Crippen LogP contribution is 2.27. The van der Waals surface area contributed by atoms with Crippen LogP contribution in [-0.2, 0) is 4.79 Å². The predicted octanol–water partition coefficient (Wildman–Crippen LogP) is 5.07. The van der Waals surface area contributed by atoms with E-state index < -0.39 is 0 Å². The highest BCUT2D eigenvalue weighted by Gasteiger charge is 2.16. The number of ether oxygens (including phenoxy) is 1. The van der Waals surface area contributed by atoms with Crippen molar-refractivity contribution in [2.75, 3.05) is 11.9 Å². The van der Waals surface area contributed by atoms with Gasteiger partial charge < -0.3 is 15.4 Å². The molecule has 1 aliphatic rings. The molecule has 0 heterocycles. The van der Waals surface area contributed by atoms with Crippen molar-refractivity contribution in [2.24, 2.45) is 0 Å². The minimum Gasteiger partial charge on any atom is -0.482 e. The van der Waals surface area contributed by atoms with Gasteiger partial charge in [0.25, 0.3) is 11.8 Å². The second kappa shape index (κ2) is 9.80. The first-order chi connectivity index (χ1) is 13.5. The third kappa shape index (κ3) is 5.88. The number of hydrogen-bond donors (Lipinski definition) is 2. The van der Waals surface area contributed by atoms with E-state index in [1.165, 1.54) is 19.3 Å². The Morgan fingerprint density at radius 3 is 2.39 bits per heavy atom. The van der Waals surface area contributed by atoms with Gasteiger partial charge in [0.2, 0.25) is 0 Å². The van der Waals surface area contributed by atoms with Crippen molar-refractivity contribution in [3.8, 4) is 5.75 Å². The van der Waals surface area contributed by atoms with E-state index >= 15 is 0 Å². The molecule has 3 rings (SSSR count). The largest absolute Gasteiger partial charge is 0.482 e. The summed E-state index contributed by atoms with van der Waals surface area (Å²) in [6.45, 7) is -0.189. The number of carbonyl (C=O) groups is 2. The van der Waals surface area contributed by atoms with E-state index in [9.17, 15) is 9.59 Å². The van der Waals surface area contributed by atoms with Crippen LogP contribution < -0.4 is 15.4 Å². The highest BCUT2D eigenvalue weighted by molar-refractivity contribution is 6.35. The average molecular weight is 421 g/mol. The van der Waals surface area contributed by atoms with Crippen LogP contribution >= 0.6 is 23.2 Å². The quantitative estimate of drug-likeness (QED) is 0.684. The molecule has 1 saturated carbocycles. The van der Waals surface area contributed by atoms with Crippen LogP contribution in [0, 0.1) is 0 Å². The molecule has 2 amide bonds. The van der Waals surface area contributed by atoms with Crippen molar-refractivity contribution in [3.05, 3.63) is 58.1 Å². The molecular formula is C21H22Cl2N2O3. The summed E-state index contributed by atoms with van der Waals surface area (Å²) in [7, 11) is 0. The summed E-state index contributed by atoms with van der Waals surface area (Å²) in [5, 5.41) is 6.64. The summed E-state index contributed by atoms with van der Waals surface area (Å²) in [5.74, 6) is -0.0214. The monoisotopic (exact) mass is 420 g/mol. The van der Waals surface area contributed by atoms with Gasteiger partial charge in [0.15, 0.2) is 6.61 Å². The standard InChI is InChI=1S/C21H22Cl2N2O3/c22-15-8-11-19(18(23)12-15)28-13-20(26)24-17-9-6-14(7-10-17)21(27)25-16-4-2-1-3-5-16/h6-12,16H,1-5,13H2,(H,24,26)(H,25,27). The predicted molar refractivity (Wildman–Crippen MR) is 111 cm³/mol. The Labute approximate surface area is 174 Å². The number of hydrogen-bond acceptors (Lipinski definition) is 3. The zero-order valence-corrected chi connectivity index (χ0v) is 16.9. The molecule has 5 nitrogen and oxygen atoms in total. The fourth-order valence-corrected chi connectivity index (χ4v) is 3.62. The summed E-state index contributed by atoms with van der Waals surface area (Å²) >= 11 is 11.8. The summed E-state index contributed by atoms with van der Waals surface area (Å²) < 4.78 is 5.41. The SMILES string of the molecule is O=C(COc1ccc(Cl)cc1Cl)Nc1ccc(C(=O)NC2CCCCC2)cc1. The van der Waals surface area contributed by atoms with Gasteiger partial charge in [-0.15, -0.1) is 0 Å². The van der Waals surface area contributed by atoms with Gasteiger partial charge in [-0.1, -0.05) is 42.5 Å². The average Bonchev–Trinajstić information content (AvgIpc) is 2.68. The van der Waals surface area contributed by atoms with E-state index in [0.29, 0.717) is 27.0 Å². The molecule has 0 atom stereocenters. The van der Waals surface area contributed by atoms with Crippen LogP contribution in [0.2, 0.25) is 10.0 Å². The smallest absolute Gasteiger partial charge is 0.262 e. The molecule has 0 unspecified atom stereocenters. The number of carbonyl (C=O) groups excluding carboxylic acids is 2. The Hall–Kier alpha value is -2.24. The molecule has 0 radical (unpaired) electrons. The Kier molecular flexibility index (Phi) is 7.18. The Bertz CT molecular complexity index is 834. The molecule has 28 heavy (non-hydrogen) atoms. The molecule has 2 aromatic carbocycles. The minimum absolute atomic E-state index is 0.0782. The Morgan fingerprint density at radius 2 is 1.71 bits per heavy atom. The molecule has 2 aromatic rings. The van der Waals surface area contributed by atoms with Crippen molar-refractivity contribution in [1.29, 1.82) is 0 Å². The van der Waals surface area contributed by atoms with Gasteiger partial charge in [-0.05, 0) is 55.3 Å². The first-order valence-electron chi connectivity index (χ1n) is 9.30. The van der Waals surface area contributed by atoms with E-state index in [0.717, 1.165) is 12.8 Å². The zero-order chi connectivity index (χ0) is 19.9. The van der Waals surface area contributed by atoms with Crippen LogP contribution in [-0.4, -0.2) is 24.5 Å². The van der Waals surface area contributed by atoms with Gasteiger partial charge in [0.1, 0.15) is 5.75 Å². The number of rotatable bonds is 6. The van der Waals surface area contributed by atoms with Crippen molar-refractivity contribution in [1.82, 2.24) is 5.32 Å². The van der Waals surface area contributed by atoms with Gasteiger partial charge >= 0.3 is 0 Å². The van der Waals surface area contributed by atoms with Crippen LogP contribution in [0.1, 0.15) is 42.5 Å². The summed E-state index contributed by atoms with van der Waals surface area (Å²) in [4.78, 5) is 24.4. The second-order valence-corrected chi connectivity index (χ2v) is 7.64. The molecule has 0 aliphatic heterocycles. The number of amides is 2. The van der Waals surface area contributed by atoms with Crippen LogP contribution in [0.4, 0.5) is 5.69 Å². The van der Waals surface area contributed by atoms with Gasteiger partial charge in [0, 0.05) is 22.3 Å². The normalized spacial score (nSPS) is 14.4. The maximum absolute atomic E-state index is 12.3. The van der Waals surface area contributed by atoms with Crippen LogP contribution in [0.3, 0.4) is 0 Å². The summed E-state index contributed by atoms with van der Waals surface area (Å²) in [5.41, 5.74) is 1.16. The van der Waals surface area contributed by atoms with Crippen LogP contribution in [0.25, 0.3) is 0 Å². The highest BCUT2D eigenvalue weighted by atomic mass is 35.5. The lowest BCUT2D eigenvalue weighted by Gasteiger charge is -2.22. The van der Waals surface area contributed by atoms with Crippen LogP contribution in [0.15, 0.2) is 42.5 Å². The first kappa shape index (κ1) is 20.5. The van der Waals surface area contributed by atoms with E-state index in [1.807, 2.05) is 0 Å². The maximum Gasteiger partial charge on any atom is 0.262 e. The molecule has 0 bridgehead atoms. The maximum atomic E-state index is 12.3. The fourth-order valence-electron chi connectivity index (χ4n) is 3.15. The van der Waals surface area contributed by atoms with E-state index in [4.69, 9.17) is 27.9 Å². The van der Waals surface area contributed by atoms with Crippen molar-refractivity contribution in [2.45, 2.75) is 38.1 Å². The fraction of sp³-hybridized carbons (Fsp3) is 0.333. The number of anilines is 1. The summed E-state index contributed by atoms with van der Waals surface area (Å²) in [6.07, 6.45) is 5.65. The zero-order valence-electron chi connectivity index (χ0n) is 15.3. The van der Waals surface area contributed by atoms with Gasteiger partial charge in [-0.3, -0.25) is 9.59 Å². The molecule has 2 N–H and O–H groups in total. The third-order valence-electron chi connectivity index (χ3n) is 4.62. The first-order valence-corrected chi connectivity index (χ1v) is 10.1. The van der Waals surface area contributed by atoms with E-state index in [-0.39, 0.29) is 24.5 Å². The van der Waals surface area contributed by atoms with E-state index in [1.54, 1.807) is 42.5 Å². The molecule has 7 heteroatoms. The van der Waals surface area contributed by atoms with Crippen LogP contribution in [0.5, 0.6) is 5.75 Å². The lowest BCUT2D eigenvalue weighted by atomic mass is 9.95. The number of benzene rings is 2. The Morgan fingerprint density at radius 1 is 1.00 bits per heavy atom. The summed E-state index contributed by atoms with van der Waals surface area (Å²) in [6, 6.07) is 11.8. The number of nitrogens with one attached hydrogen (secondary N) is 2. The molecular weight excluding hydrogens is 399 g/mol. The van der Waals surface area contributed by atoms with Crippen molar-refractivity contribution < 1.29 is 14.3 Å². The topological polar surface area (TPSA) is 67.4 Å². The third-order valence-corrected chi connectivity index (χ3v) is 5.15. The molecule has 1 aliphatic carbocycles. The van der Waals surface area contributed by atoms with Crippen molar-refractivity contribution in [3.63, 3.8) is 0 Å². The van der Waals surface area contributed by atoms with Gasteiger partial charge in [-0.25, -0.2) is 0 Å². The van der Waals surface area contributed by atoms with E-state index in [2.05, 4.69) is 10.6 Å². The lowest BCUT2D eigenvalue weighted by Crippen LogP contribution is -2.36. The van der Waals surface area contributed by atoms with Gasteiger partial charge in [-0.2, -0.15) is 0 Å². The molecule has 0 saturated heterocycles. The molecule has 0 spiro atoms.